The molecule has 0 spiro atoms. The number of nitrogens with zero attached hydrogens (tertiary/aromatic N) is 2. The summed E-state index contributed by atoms with van der Waals surface area (Å²) in [6.07, 6.45) is 3.82. The lowest BCUT2D eigenvalue weighted by Crippen LogP contribution is -2.35. The van der Waals surface area contributed by atoms with Crippen molar-refractivity contribution in [2.75, 3.05) is 11.9 Å². The largest absolute Gasteiger partial charge is 0.308 e. The van der Waals surface area contributed by atoms with E-state index in [1.54, 1.807) is 4.52 Å². The van der Waals surface area contributed by atoms with E-state index in [0.29, 0.717) is 5.82 Å². The van der Waals surface area contributed by atoms with Crippen LogP contribution in [0.1, 0.15) is 12.8 Å². The zero-order chi connectivity index (χ0) is 11.7. The van der Waals surface area contributed by atoms with Gasteiger partial charge in [-0.05, 0) is 43.7 Å². The lowest BCUT2D eigenvalue weighted by Gasteiger charge is -2.10. The number of anilines is 1. The molecule has 1 amide bonds. The Morgan fingerprint density at radius 3 is 3.24 bits per heavy atom. The minimum atomic E-state index is -0.0721. The third-order valence-corrected chi connectivity index (χ3v) is 3.01. The number of fused-ring (bicyclic) bond motifs is 1. The molecular formula is C12H14N4O. The molecule has 17 heavy (non-hydrogen) atoms. The lowest BCUT2D eigenvalue weighted by molar-refractivity contribution is -0.117. The van der Waals surface area contributed by atoms with Crippen LogP contribution in [0.5, 0.6) is 0 Å². The highest BCUT2D eigenvalue weighted by Gasteiger charge is 2.22. The molecule has 2 aromatic heterocycles. The van der Waals surface area contributed by atoms with Crippen molar-refractivity contribution in [1.29, 1.82) is 0 Å². The van der Waals surface area contributed by atoms with Gasteiger partial charge in [-0.2, -0.15) is 5.10 Å². The molecule has 0 bridgehead atoms. The molecule has 0 aliphatic carbocycles. The Balaban J connectivity index is 1.77. The van der Waals surface area contributed by atoms with E-state index in [0.717, 1.165) is 24.9 Å². The van der Waals surface area contributed by atoms with Crippen molar-refractivity contribution < 1.29 is 4.79 Å². The van der Waals surface area contributed by atoms with Gasteiger partial charge in [0.15, 0.2) is 5.82 Å². The van der Waals surface area contributed by atoms with E-state index < -0.39 is 0 Å². The van der Waals surface area contributed by atoms with E-state index in [1.807, 2.05) is 30.5 Å². The van der Waals surface area contributed by atoms with Crippen molar-refractivity contribution in [3.63, 3.8) is 0 Å². The van der Waals surface area contributed by atoms with Gasteiger partial charge in [0.25, 0.3) is 0 Å². The summed E-state index contributed by atoms with van der Waals surface area (Å²) in [7, 11) is 0. The summed E-state index contributed by atoms with van der Waals surface area (Å²) in [5.74, 6) is 0.592. The van der Waals surface area contributed by atoms with Crippen LogP contribution in [0.4, 0.5) is 5.82 Å². The predicted molar refractivity (Wildman–Crippen MR) is 64.8 cm³/mol. The minimum Gasteiger partial charge on any atom is -0.308 e. The summed E-state index contributed by atoms with van der Waals surface area (Å²) in [6.45, 7) is 0.919. The van der Waals surface area contributed by atoms with Gasteiger partial charge in [0.2, 0.25) is 5.91 Å². The maximum atomic E-state index is 11.9. The van der Waals surface area contributed by atoms with Gasteiger partial charge in [0, 0.05) is 6.20 Å². The monoisotopic (exact) mass is 230 g/mol. The van der Waals surface area contributed by atoms with Crippen LogP contribution in [0.2, 0.25) is 0 Å². The van der Waals surface area contributed by atoms with E-state index in [1.165, 1.54) is 0 Å². The Kier molecular flexibility index (Phi) is 2.53. The number of hydrogen-bond donors (Lipinski definition) is 2. The molecule has 0 saturated carbocycles. The topological polar surface area (TPSA) is 58.4 Å². The van der Waals surface area contributed by atoms with Gasteiger partial charge in [0.1, 0.15) is 0 Å². The number of rotatable bonds is 2. The predicted octanol–water partition coefficient (Wildman–Crippen LogP) is 1.02. The van der Waals surface area contributed by atoms with Crippen molar-refractivity contribution in [2.45, 2.75) is 18.9 Å². The van der Waals surface area contributed by atoms with Gasteiger partial charge >= 0.3 is 0 Å². The molecule has 2 aromatic rings. The van der Waals surface area contributed by atoms with Gasteiger partial charge < -0.3 is 10.6 Å². The number of carbonyl (C=O) groups is 1. The normalized spacial score (nSPS) is 19.6. The maximum Gasteiger partial charge on any atom is 0.242 e. The maximum absolute atomic E-state index is 11.9. The van der Waals surface area contributed by atoms with Gasteiger partial charge in [-0.15, -0.1) is 0 Å². The Morgan fingerprint density at radius 1 is 1.47 bits per heavy atom. The average molecular weight is 230 g/mol. The quantitative estimate of drug-likeness (QED) is 0.810. The number of aromatic nitrogens is 2. The molecule has 2 N–H and O–H groups in total. The molecule has 1 atom stereocenters. The molecule has 0 radical (unpaired) electrons. The first-order chi connectivity index (χ1) is 8.33. The second-order valence-corrected chi connectivity index (χ2v) is 4.23. The number of amides is 1. The van der Waals surface area contributed by atoms with Crippen molar-refractivity contribution in [3.05, 3.63) is 30.5 Å². The fraction of sp³-hybridized carbons (Fsp3) is 0.333. The van der Waals surface area contributed by atoms with E-state index in [2.05, 4.69) is 15.7 Å². The van der Waals surface area contributed by atoms with E-state index in [9.17, 15) is 4.79 Å². The van der Waals surface area contributed by atoms with Gasteiger partial charge in [-0.25, -0.2) is 4.52 Å². The minimum absolute atomic E-state index is 0.00139. The van der Waals surface area contributed by atoms with Crippen LogP contribution in [0.15, 0.2) is 30.5 Å². The van der Waals surface area contributed by atoms with Crippen molar-refractivity contribution in [3.8, 4) is 0 Å². The van der Waals surface area contributed by atoms with Crippen LogP contribution in [-0.2, 0) is 4.79 Å². The molecule has 5 nitrogen and oxygen atoms in total. The second-order valence-electron chi connectivity index (χ2n) is 4.23. The summed E-state index contributed by atoms with van der Waals surface area (Å²) < 4.78 is 1.75. The first kappa shape index (κ1) is 10.3. The average Bonchev–Trinajstić information content (AvgIpc) is 2.99. The highest BCUT2D eigenvalue weighted by molar-refractivity contribution is 5.94. The fourth-order valence-corrected chi connectivity index (χ4v) is 2.11. The van der Waals surface area contributed by atoms with Crippen molar-refractivity contribution in [2.24, 2.45) is 0 Å². The zero-order valence-electron chi connectivity index (χ0n) is 9.39. The van der Waals surface area contributed by atoms with Gasteiger partial charge in [-0.3, -0.25) is 4.79 Å². The Hall–Kier alpha value is -1.88. The molecule has 1 fully saturated rings. The van der Waals surface area contributed by atoms with Crippen LogP contribution in [-0.4, -0.2) is 28.1 Å². The molecule has 1 aliphatic heterocycles. The Bertz CT molecular complexity index is 542. The van der Waals surface area contributed by atoms with E-state index in [4.69, 9.17) is 0 Å². The molecule has 1 saturated heterocycles. The molecule has 1 unspecified atom stereocenters. The summed E-state index contributed by atoms with van der Waals surface area (Å²) in [6, 6.07) is 7.58. The van der Waals surface area contributed by atoms with Crippen LogP contribution < -0.4 is 10.6 Å². The molecule has 5 heteroatoms. The zero-order valence-corrected chi connectivity index (χ0v) is 9.39. The molecule has 3 heterocycles. The number of hydrogen-bond acceptors (Lipinski definition) is 3. The third-order valence-electron chi connectivity index (χ3n) is 3.01. The van der Waals surface area contributed by atoms with Crippen molar-refractivity contribution >= 4 is 17.2 Å². The van der Waals surface area contributed by atoms with Crippen LogP contribution >= 0.6 is 0 Å². The molecule has 0 aromatic carbocycles. The van der Waals surface area contributed by atoms with Crippen LogP contribution in [0, 0.1) is 0 Å². The molecular weight excluding hydrogens is 216 g/mol. The van der Waals surface area contributed by atoms with E-state index >= 15 is 0 Å². The highest BCUT2D eigenvalue weighted by Crippen LogP contribution is 2.10. The van der Waals surface area contributed by atoms with E-state index in [-0.39, 0.29) is 11.9 Å². The molecule has 3 rings (SSSR count). The SMILES string of the molecule is O=C(Nc1ccc2cccn2n1)C1CCCN1. The van der Waals surface area contributed by atoms with Gasteiger partial charge in [-0.1, -0.05) is 0 Å². The Morgan fingerprint density at radius 2 is 2.41 bits per heavy atom. The smallest absolute Gasteiger partial charge is 0.242 e. The van der Waals surface area contributed by atoms with Crippen LogP contribution in [0.25, 0.3) is 5.52 Å². The summed E-state index contributed by atoms with van der Waals surface area (Å²) in [4.78, 5) is 11.9. The summed E-state index contributed by atoms with van der Waals surface area (Å²) in [5.41, 5.74) is 1.02. The third kappa shape index (κ3) is 2.01. The Labute approximate surface area is 98.8 Å². The van der Waals surface area contributed by atoms with Crippen LogP contribution in [0.3, 0.4) is 0 Å². The first-order valence-electron chi connectivity index (χ1n) is 5.81. The second kappa shape index (κ2) is 4.18. The molecule has 1 aliphatic rings. The first-order valence-corrected chi connectivity index (χ1v) is 5.81. The highest BCUT2D eigenvalue weighted by atomic mass is 16.2. The lowest BCUT2D eigenvalue weighted by atomic mass is 10.2. The molecule has 88 valence electrons. The summed E-state index contributed by atoms with van der Waals surface area (Å²) >= 11 is 0. The van der Waals surface area contributed by atoms with Gasteiger partial charge in [0.05, 0.1) is 11.6 Å². The number of carbonyl (C=O) groups excluding carboxylic acids is 1. The summed E-state index contributed by atoms with van der Waals surface area (Å²) in [5, 5.41) is 10.3. The fourth-order valence-electron chi connectivity index (χ4n) is 2.11. The number of nitrogens with one attached hydrogen (secondary N) is 2. The standard InChI is InChI=1S/C12H14N4O/c17-12(10-4-1-7-13-10)14-11-6-5-9-3-2-8-16(9)15-11/h2-3,5-6,8,10,13H,1,4,7H2,(H,14,15,17). The van der Waals surface area contributed by atoms with Crippen molar-refractivity contribution in [1.82, 2.24) is 14.9 Å².